The zero-order chi connectivity index (χ0) is 21.4. The maximum absolute atomic E-state index is 13.3. The number of aromatic hydroxyl groups is 1. The number of nitrogens with zero attached hydrogens (tertiary/aromatic N) is 3. The van der Waals surface area contributed by atoms with Gasteiger partial charge in [0, 0.05) is 24.1 Å². The van der Waals surface area contributed by atoms with Crippen molar-refractivity contribution < 1.29 is 5.11 Å². The van der Waals surface area contributed by atoms with Gasteiger partial charge >= 0.3 is 0 Å². The Labute approximate surface area is 188 Å². The van der Waals surface area contributed by atoms with Crippen LogP contribution in [0, 0.1) is 5.92 Å². The smallest absolute Gasteiger partial charge is 0.281 e. The van der Waals surface area contributed by atoms with Crippen molar-refractivity contribution in [2.75, 3.05) is 11.0 Å². The van der Waals surface area contributed by atoms with Crippen LogP contribution in [-0.2, 0) is 6.54 Å². The van der Waals surface area contributed by atoms with Crippen molar-refractivity contribution in [3.8, 4) is 17.0 Å². The molecule has 2 aliphatic rings. The van der Waals surface area contributed by atoms with Crippen LogP contribution in [0.3, 0.4) is 0 Å². The van der Waals surface area contributed by atoms with Crippen LogP contribution < -0.4 is 15.0 Å². The highest BCUT2D eigenvalue weighted by molar-refractivity contribution is 7.99. The van der Waals surface area contributed by atoms with Crippen molar-refractivity contribution in [3.05, 3.63) is 64.4 Å². The summed E-state index contributed by atoms with van der Waals surface area (Å²) < 4.78 is 7.83. The Bertz CT molecular complexity index is 1220. The van der Waals surface area contributed by atoms with E-state index in [0.29, 0.717) is 24.0 Å². The molecule has 0 saturated heterocycles. The standard InChI is InChI=1S/C22H21N5O2S2/c1-30-25-15-9-10-16-17(11-15)31-26-21(23-16)18-20(28)19(14-5-3-2-4-6-14)24-27(22(18)29)12-13-7-8-13/h2-6,9-11,13,25,28H,7-8,12H2,1H3,(H,23,26). The Morgan fingerprint density at radius 2 is 2.06 bits per heavy atom. The molecule has 2 heterocycles. The molecule has 7 nitrogen and oxygen atoms in total. The summed E-state index contributed by atoms with van der Waals surface area (Å²) in [5, 5.41) is 15.6. The minimum atomic E-state index is -0.333. The van der Waals surface area contributed by atoms with Crippen molar-refractivity contribution >= 4 is 41.1 Å². The molecule has 0 atom stereocenters. The number of amidine groups is 1. The first kappa shape index (κ1) is 20.0. The maximum Gasteiger partial charge on any atom is 0.281 e. The number of rotatable bonds is 6. The lowest BCUT2D eigenvalue weighted by Gasteiger charge is -2.19. The van der Waals surface area contributed by atoms with Crippen LogP contribution in [0.2, 0.25) is 0 Å². The van der Waals surface area contributed by atoms with Crippen LogP contribution in [0.4, 0.5) is 11.4 Å². The van der Waals surface area contributed by atoms with Crippen LogP contribution in [0.15, 0.2) is 63.2 Å². The van der Waals surface area contributed by atoms with Gasteiger partial charge in [-0.05, 0) is 48.9 Å². The lowest BCUT2D eigenvalue weighted by atomic mass is 10.1. The fourth-order valence-electron chi connectivity index (χ4n) is 3.46. The summed E-state index contributed by atoms with van der Waals surface area (Å²) in [6.45, 7) is 0.548. The molecule has 0 bridgehead atoms. The molecule has 3 N–H and O–H groups in total. The second kappa shape index (κ2) is 8.32. The second-order valence-electron chi connectivity index (χ2n) is 7.52. The second-order valence-corrected chi connectivity index (χ2v) is 8.98. The van der Waals surface area contributed by atoms with Gasteiger partial charge in [0.25, 0.3) is 5.56 Å². The Morgan fingerprint density at radius 1 is 1.26 bits per heavy atom. The van der Waals surface area contributed by atoms with E-state index in [1.54, 1.807) is 0 Å². The maximum atomic E-state index is 13.3. The topological polar surface area (TPSA) is 91.5 Å². The minimum Gasteiger partial charge on any atom is -0.505 e. The van der Waals surface area contributed by atoms with Crippen LogP contribution in [0.25, 0.3) is 11.3 Å². The molecule has 0 spiro atoms. The van der Waals surface area contributed by atoms with Gasteiger partial charge in [0.05, 0.1) is 10.6 Å². The van der Waals surface area contributed by atoms with Gasteiger partial charge in [-0.3, -0.25) is 4.79 Å². The third kappa shape index (κ3) is 4.03. The third-order valence-electron chi connectivity index (χ3n) is 5.21. The predicted octanol–water partition coefficient (Wildman–Crippen LogP) is 4.40. The molecule has 1 aromatic heterocycles. The highest BCUT2D eigenvalue weighted by atomic mass is 32.2. The molecule has 9 heteroatoms. The lowest BCUT2D eigenvalue weighted by Crippen LogP contribution is -2.34. The highest BCUT2D eigenvalue weighted by Crippen LogP contribution is 2.37. The van der Waals surface area contributed by atoms with Crippen molar-refractivity contribution in [1.82, 2.24) is 14.5 Å². The molecular formula is C22H21N5O2S2. The largest absolute Gasteiger partial charge is 0.505 e. The number of hydrogen-bond donors (Lipinski definition) is 3. The van der Waals surface area contributed by atoms with E-state index >= 15 is 0 Å². The van der Waals surface area contributed by atoms with E-state index in [1.165, 1.54) is 28.6 Å². The fraction of sp³-hybridized carbons (Fsp3) is 0.227. The normalized spacial score (nSPS) is 15.1. The van der Waals surface area contributed by atoms with Gasteiger partial charge in [0.15, 0.2) is 11.6 Å². The molecule has 0 unspecified atom stereocenters. The average molecular weight is 452 g/mol. The van der Waals surface area contributed by atoms with E-state index in [9.17, 15) is 9.90 Å². The van der Waals surface area contributed by atoms with E-state index in [-0.39, 0.29) is 16.9 Å². The monoisotopic (exact) mass is 451 g/mol. The molecule has 31 heavy (non-hydrogen) atoms. The first-order valence-corrected chi connectivity index (χ1v) is 12.0. The quantitative estimate of drug-likeness (QED) is 0.478. The van der Waals surface area contributed by atoms with Crippen LogP contribution >= 0.6 is 23.9 Å². The minimum absolute atomic E-state index is 0.152. The third-order valence-corrected chi connectivity index (χ3v) is 6.49. The predicted molar refractivity (Wildman–Crippen MR) is 127 cm³/mol. The summed E-state index contributed by atoms with van der Waals surface area (Å²) in [6.07, 6.45) is 4.16. The van der Waals surface area contributed by atoms with Gasteiger partial charge in [0.2, 0.25) is 0 Å². The summed E-state index contributed by atoms with van der Waals surface area (Å²) in [7, 11) is 0. The molecule has 1 aliphatic heterocycles. The summed E-state index contributed by atoms with van der Waals surface area (Å²) in [5.74, 6) is 0.652. The molecule has 0 amide bonds. The molecular weight excluding hydrogens is 430 g/mol. The summed E-state index contributed by atoms with van der Waals surface area (Å²) in [4.78, 5) is 18.9. The Balaban J connectivity index is 1.63. The Kier molecular flexibility index (Phi) is 5.37. The first-order chi connectivity index (χ1) is 15.1. The van der Waals surface area contributed by atoms with E-state index in [0.717, 1.165) is 34.7 Å². The van der Waals surface area contributed by atoms with E-state index < -0.39 is 0 Å². The van der Waals surface area contributed by atoms with Gasteiger partial charge in [-0.2, -0.15) is 5.10 Å². The zero-order valence-corrected chi connectivity index (χ0v) is 18.5. The molecule has 158 valence electrons. The number of benzene rings is 2. The van der Waals surface area contributed by atoms with E-state index in [4.69, 9.17) is 0 Å². The van der Waals surface area contributed by atoms with E-state index in [2.05, 4.69) is 19.5 Å². The highest BCUT2D eigenvalue weighted by Gasteiger charge is 2.28. The molecule has 5 rings (SSSR count). The summed E-state index contributed by atoms with van der Waals surface area (Å²) in [6, 6.07) is 15.3. The molecule has 3 aromatic rings. The number of aromatic nitrogens is 2. The molecule has 2 aromatic carbocycles. The van der Waals surface area contributed by atoms with Gasteiger partial charge in [-0.15, -0.1) is 0 Å². The Morgan fingerprint density at radius 3 is 2.81 bits per heavy atom. The number of fused-ring (bicyclic) bond motifs is 1. The fourth-order valence-corrected chi connectivity index (χ4v) is 4.58. The van der Waals surface area contributed by atoms with Gasteiger partial charge in [0.1, 0.15) is 11.3 Å². The lowest BCUT2D eigenvalue weighted by molar-refractivity contribution is 0.456. The van der Waals surface area contributed by atoms with Gasteiger partial charge < -0.3 is 14.6 Å². The summed E-state index contributed by atoms with van der Waals surface area (Å²) >= 11 is 2.89. The molecule has 1 fully saturated rings. The van der Waals surface area contributed by atoms with Crippen molar-refractivity contribution in [2.45, 2.75) is 24.3 Å². The van der Waals surface area contributed by atoms with Crippen molar-refractivity contribution in [3.63, 3.8) is 0 Å². The average Bonchev–Trinajstić information content (AvgIpc) is 3.61. The number of nitrogens with one attached hydrogen (secondary N) is 2. The summed E-state index contributed by atoms with van der Waals surface area (Å²) in [5.41, 5.74) is 2.68. The van der Waals surface area contributed by atoms with Crippen LogP contribution in [0.5, 0.6) is 5.75 Å². The zero-order valence-electron chi connectivity index (χ0n) is 16.8. The number of anilines is 1. The molecule has 1 saturated carbocycles. The SMILES string of the molecule is CSNc1ccc2c(c1)SNC(c1c(O)c(-c3ccccc3)nn(CC3CC3)c1=O)=N2. The van der Waals surface area contributed by atoms with Gasteiger partial charge in [-0.25, -0.2) is 9.67 Å². The van der Waals surface area contributed by atoms with Crippen LogP contribution in [-0.4, -0.2) is 27.0 Å². The van der Waals surface area contributed by atoms with Crippen molar-refractivity contribution in [2.24, 2.45) is 10.9 Å². The van der Waals surface area contributed by atoms with Crippen molar-refractivity contribution in [1.29, 1.82) is 0 Å². The van der Waals surface area contributed by atoms with Gasteiger partial charge in [-0.1, -0.05) is 42.3 Å². The number of hydrogen-bond acceptors (Lipinski definition) is 8. The first-order valence-electron chi connectivity index (χ1n) is 9.98. The molecule has 0 radical (unpaired) electrons. The van der Waals surface area contributed by atoms with E-state index in [1.807, 2.05) is 54.8 Å². The number of aliphatic imine (C=N–C) groups is 1. The van der Waals surface area contributed by atoms with Crippen LogP contribution in [0.1, 0.15) is 18.4 Å². The Hall–Kier alpha value is -2.91. The molecule has 1 aliphatic carbocycles.